The SMILES string of the molecule is Cc1cc(C)c(-c2ccc(-c3c4ccccc4c(-c4cccc(-c5ccnc(-c6cccc7ccccc67)c5)c4)c4ccccc34)c3ccccc23)c(C)c1. The fourth-order valence-corrected chi connectivity index (χ4v) is 9.13. The van der Waals surface area contributed by atoms with Crippen molar-refractivity contribution in [3.05, 3.63) is 199 Å². The van der Waals surface area contributed by atoms with Crippen molar-refractivity contribution in [2.45, 2.75) is 20.8 Å². The molecule has 0 saturated carbocycles. The van der Waals surface area contributed by atoms with Crippen molar-refractivity contribution >= 4 is 43.1 Å². The number of fused-ring (bicyclic) bond motifs is 4. The molecule has 0 aliphatic heterocycles. The molecule has 1 nitrogen and oxygen atoms in total. The van der Waals surface area contributed by atoms with Gasteiger partial charge in [0.25, 0.3) is 0 Å². The van der Waals surface area contributed by atoms with Crippen LogP contribution in [0.15, 0.2) is 182 Å². The quantitative estimate of drug-likeness (QED) is 0.163. The van der Waals surface area contributed by atoms with Crippen molar-refractivity contribution in [1.82, 2.24) is 4.98 Å². The van der Waals surface area contributed by atoms with Crippen LogP contribution in [0.1, 0.15) is 16.7 Å². The zero-order chi connectivity index (χ0) is 37.0. The normalized spacial score (nSPS) is 11.5. The molecule has 10 rings (SSSR count). The number of pyridine rings is 1. The monoisotopic (exact) mass is 701 g/mol. The summed E-state index contributed by atoms with van der Waals surface area (Å²) in [5, 5.41) is 9.98. The number of rotatable bonds is 5. The van der Waals surface area contributed by atoms with Crippen LogP contribution in [0.25, 0.3) is 98.9 Å². The Bertz CT molecular complexity index is 3040. The van der Waals surface area contributed by atoms with Crippen LogP contribution in [-0.2, 0) is 0 Å². The smallest absolute Gasteiger partial charge is 0.0714 e. The van der Waals surface area contributed by atoms with E-state index in [9.17, 15) is 0 Å². The second-order valence-corrected chi connectivity index (χ2v) is 14.9. The molecule has 0 saturated heterocycles. The van der Waals surface area contributed by atoms with Crippen LogP contribution in [0.5, 0.6) is 0 Å². The van der Waals surface area contributed by atoms with E-state index in [0.29, 0.717) is 0 Å². The third-order valence-corrected chi connectivity index (χ3v) is 11.4. The number of nitrogens with zero attached hydrogens (tertiary/aromatic N) is 1. The Morgan fingerprint density at radius 3 is 1.47 bits per heavy atom. The van der Waals surface area contributed by atoms with Crippen LogP contribution in [0.3, 0.4) is 0 Å². The topological polar surface area (TPSA) is 12.9 Å². The van der Waals surface area contributed by atoms with Crippen LogP contribution < -0.4 is 0 Å². The first kappa shape index (κ1) is 32.8. The molecule has 0 atom stereocenters. The van der Waals surface area contributed by atoms with Crippen LogP contribution in [0.2, 0.25) is 0 Å². The minimum absolute atomic E-state index is 0.978. The van der Waals surface area contributed by atoms with Gasteiger partial charge in [-0.15, -0.1) is 0 Å². The first-order valence-electron chi connectivity index (χ1n) is 19.1. The summed E-state index contributed by atoms with van der Waals surface area (Å²) in [7, 11) is 0. The first-order chi connectivity index (χ1) is 27.0. The zero-order valence-electron chi connectivity index (χ0n) is 31.3. The van der Waals surface area contributed by atoms with Gasteiger partial charge in [-0.1, -0.05) is 163 Å². The number of aryl methyl sites for hydroxylation is 3. The molecular weight excluding hydrogens is 663 g/mol. The number of hydrogen-bond acceptors (Lipinski definition) is 1. The molecule has 9 aromatic carbocycles. The Hall–Kier alpha value is -6.83. The average molecular weight is 702 g/mol. The van der Waals surface area contributed by atoms with Gasteiger partial charge in [0.05, 0.1) is 5.69 Å². The first-order valence-corrected chi connectivity index (χ1v) is 19.1. The Morgan fingerprint density at radius 2 is 0.818 bits per heavy atom. The molecule has 0 spiro atoms. The summed E-state index contributed by atoms with van der Waals surface area (Å²) in [6.45, 7) is 6.67. The molecule has 0 unspecified atom stereocenters. The Morgan fingerprint density at radius 1 is 0.327 bits per heavy atom. The summed E-state index contributed by atoms with van der Waals surface area (Å²) in [6.07, 6.45) is 1.94. The van der Waals surface area contributed by atoms with E-state index in [1.165, 1.54) is 98.7 Å². The number of aromatic nitrogens is 1. The van der Waals surface area contributed by atoms with Gasteiger partial charge in [-0.25, -0.2) is 0 Å². The Kier molecular flexibility index (Phi) is 7.89. The van der Waals surface area contributed by atoms with E-state index in [2.05, 4.69) is 197 Å². The highest BCUT2D eigenvalue weighted by molar-refractivity contribution is 6.24. The second kappa shape index (κ2) is 13.2. The van der Waals surface area contributed by atoms with Gasteiger partial charge in [-0.05, 0) is 138 Å². The van der Waals surface area contributed by atoms with Gasteiger partial charge in [0, 0.05) is 11.8 Å². The van der Waals surface area contributed by atoms with Crippen molar-refractivity contribution in [2.24, 2.45) is 0 Å². The van der Waals surface area contributed by atoms with E-state index < -0.39 is 0 Å². The van der Waals surface area contributed by atoms with Crippen molar-refractivity contribution in [3.8, 4) is 55.8 Å². The molecule has 0 radical (unpaired) electrons. The van der Waals surface area contributed by atoms with Crippen molar-refractivity contribution in [1.29, 1.82) is 0 Å². The maximum absolute atomic E-state index is 4.84. The molecule has 1 heteroatoms. The summed E-state index contributed by atoms with van der Waals surface area (Å²) in [4.78, 5) is 4.84. The molecule has 0 aliphatic rings. The molecule has 0 fully saturated rings. The highest BCUT2D eigenvalue weighted by Crippen LogP contribution is 2.47. The lowest BCUT2D eigenvalue weighted by Gasteiger charge is -2.21. The molecule has 0 aliphatic carbocycles. The highest BCUT2D eigenvalue weighted by Gasteiger charge is 2.20. The minimum Gasteiger partial charge on any atom is -0.256 e. The van der Waals surface area contributed by atoms with Gasteiger partial charge in [0.15, 0.2) is 0 Å². The van der Waals surface area contributed by atoms with Gasteiger partial charge in [-0.2, -0.15) is 0 Å². The molecule has 0 N–H and O–H groups in total. The van der Waals surface area contributed by atoms with E-state index in [1.807, 2.05) is 6.20 Å². The molecule has 1 heterocycles. The van der Waals surface area contributed by atoms with Crippen LogP contribution in [0, 0.1) is 20.8 Å². The fourth-order valence-electron chi connectivity index (χ4n) is 9.13. The number of hydrogen-bond donors (Lipinski definition) is 0. The van der Waals surface area contributed by atoms with E-state index in [1.54, 1.807) is 0 Å². The van der Waals surface area contributed by atoms with Crippen molar-refractivity contribution < 1.29 is 0 Å². The van der Waals surface area contributed by atoms with Gasteiger partial charge in [-0.3, -0.25) is 4.98 Å². The Balaban J connectivity index is 1.17. The van der Waals surface area contributed by atoms with Gasteiger partial charge in [0.2, 0.25) is 0 Å². The second-order valence-electron chi connectivity index (χ2n) is 14.9. The summed E-state index contributed by atoms with van der Waals surface area (Å²) in [5.74, 6) is 0. The van der Waals surface area contributed by atoms with E-state index in [4.69, 9.17) is 4.98 Å². The van der Waals surface area contributed by atoms with Crippen LogP contribution in [0.4, 0.5) is 0 Å². The molecule has 0 amide bonds. The summed E-state index contributed by atoms with van der Waals surface area (Å²) >= 11 is 0. The van der Waals surface area contributed by atoms with E-state index in [-0.39, 0.29) is 0 Å². The average Bonchev–Trinajstić information content (AvgIpc) is 3.22. The molecular formula is C54H39N. The lowest BCUT2D eigenvalue weighted by molar-refractivity contribution is 1.32. The number of benzene rings is 9. The Labute approximate surface area is 322 Å². The molecule has 260 valence electrons. The predicted molar refractivity (Wildman–Crippen MR) is 236 cm³/mol. The van der Waals surface area contributed by atoms with Crippen LogP contribution >= 0.6 is 0 Å². The van der Waals surface area contributed by atoms with Crippen molar-refractivity contribution in [3.63, 3.8) is 0 Å². The van der Waals surface area contributed by atoms with Gasteiger partial charge in [0.1, 0.15) is 0 Å². The summed E-state index contributed by atoms with van der Waals surface area (Å²) in [5.41, 5.74) is 16.0. The summed E-state index contributed by atoms with van der Waals surface area (Å²) < 4.78 is 0. The standard InChI is InChI=1S/C54H39N/c1-34-30-35(2)52(36(3)31-34)49-26-27-50(43-20-7-6-19-42(43)49)54-47-23-10-8-21-45(47)53(46-22-9-11-24-48(46)54)40-17-12-16-38(32-40)39-28-29-55-51(33-39)44-25-13-15-37-14-4-5-18-41(37)44/h4-33H,1-3H3. The molecule has 0 bridgehead atoms. The van der Waals surface area contributed by atoms with E-state index >= 15 is 0 Å². The zero-order valence-corrected chi connectivity index (χ0v) is 31.3. The third kappa shape index (κ3) is 5.51. The molecule has 1 aromatic heterocycles. The lowest BCUT2D eigenvalue weighted by Crippen LogP contribution is -1.94. The highest BCUT2D eigenvalue weighted by atomic mass is 14.7. The van der Waals surface area contributed by atoms with Crippen LogP contribution in [-0.4, -0.2) is 4.98 Å². The van der Waals surface area contributed by atoms with Crippen molar-refractivity contribution in [2.75, 3.05) is 0 Å². The predicted octanol–water partition coefficient (Wildman–Crippen LogP) is 15.0. The molecule has 55 heavy (non-hydrogen) atoms. The lowest BCUT2D eigenvalue weighted by atomic mass is 9.83. The summed E-state index contributed by atoms with van der Waals surface area (Å²) in [6, 6.07) is 64.6. The molecule has 10 aromatic rings. The largest absolute Gasteiger partial charge is 0.256 e. The maximum Gasteiger partial charge on any atom is 0.0714 e. The van der Waals surface area contributed by atoms with Gasteiger partial charge < -0.3 is 0 Å². The van der Waals surface area contributed by atoms with Gasteiger partial charge >= 0.3 is 0 Å². The third-order valence-electron chi connectivity index (χ3n) is 11.4. The fraction of sp³-hybridized carbons (Fsp3) is 0.0556. The minimum atomic E-state index is 0.978. The van der Waals surface area contributed by atoms with E-state index in [0.717, 1.165) is 16.8 Å². The maximum atomic E-state index is 4.84.